The van der Waals surface area contributed by atoms with Crippen molar-refractivity contribution in [3.8, 4) is 6.07 Å². The van der Waals surface area contributed by atoms with E-state index < -0.39 is 0 Å². The van der Waals surface area contributed by atoms with Crippen LogP contribution in [0.25, 0.3) is 0 Å². The van der Waals surface area contributed by atoms with E-state index in [1.54, 1.807) is 24.4 Å². The number of hydrogen-bond acceptors (Lipinski definition) is 2. The lowest BCUT2D eigenvalue weighted by Gasteiger charge is -1.79. The minimum atomic E-state index is 0.465. The highest BCUT2D eigenvalue weighted by Crippen LogP contribution is 1.86. The molecule has 0 aromatic carbocycles. The van der Waals surface area contributed by atoms with Crippen LogP contribution in [0, 0.1) is 11.3 Å². The van der Waals surface area contributed by atoms with Crippen molar-refractivity contribution < 1.29 is 0 Å². The Kier molecular flexibility index (Phi) is 4.99. The molecule has 0 saturated heterocycles. The Morgan fingerprint density at radius 1 is 1.40 bits per heavy atom. The van der Waals surface area contributed by atoms with Gasteiger partial charge in [-0.25, -0.2) is 4.98 Å². The first-order valence-corrected chi connectivity index (χ1v) is 3.24. The number of aromatic nitrogens is 1. The third kappa shape index (κ3) is 2.83. The van der Waals surface area contributed by atoms with Crippen LogP contribution in [0.3, 0.4) is 0 Å². The van der Waals surface area contributed by atoms with Gasteiger partial charge in [-0.05, 0) is 12.1 Å². The maximum Gasteiger partial charge on any atom is 0.140 e. The summed E-state index contributed by atoms with van der Waals surface area (Å²) in [6, 6.07) is 7.14. The zero-order valence-corrected chi connectivity index (χ0v) is 6.20. The van der Waals surface area contributed by atoms with Gasteiger partial charge in [0.1, 0.15) is 11.8 Å². The molecule has 0 unspecified atom stereocenters. The first-order chi connectivity index (χ1) is 4.93. The number of pyridine rings is 1. The first-order valence-electron chi connectivity index (χ1n) is 3.24. The fourth-order valence-corrected chi connectivity index (χ4v) is 0.429. The van der Waals surface area contributed by atoms with Crippen LogP contribution < -0.4 is 0 Å². The van der Waals surface area contributed by atoms with Crippen LogP contribution in [0.1, 0.15) is 19.5 Å². The van der Waals surface area contributed by atoms with E-state index in [-0.39, 0.29) is 0 Å². The molecule has 0 spiro atoms. The zero-order valence-electron chi connectivity index (χ0n) is 6.20. The Balaban J connectivity index is 0.000000371. The third-order valence-corrected chi connectivity index (χ3v) is 0.779. The van der Waals surface area contributed by atoms with Gasteiger partial charge in [0.2, 0.25) is 0 Å². The van der Waals surface area contributed by atoms with Gasteiger partial charge in [-0.2, -0.15) is 5.26 Å². The van der Waals surface area contributed by atoms with E-state index in [0.717, 1.165) is 0 Å². The Bertz CT molecular complexity index is 198. The lowest BCUT2D eigenvalue weighted by Crippen LogP contribution is -1.75. The smallest absolute Gasteiger partial charge is 0.140 e. The molecule has 0 fully saturated rings. The van der Waals surface area contributed by atoms with E-state index >= 15 is 0 Å². The van der Waals surface area contributed by atoms with E-state index in [1.807, 2.05) is 19.9 Å². The summed E-state index contributed by atoms with van der Waals surface area (Å²) in [5.41, 5.74) is 0.465. The molecular weight excluding hydrogens is 124 g/mol. The summed E-state index contributed by atoms with van der Waals surface area (Å²) < 4.78 is 0. The van der Waals surface area contributed by atoms with Gasteiger partial charge in [0.15, 0.2) is 0 Å². The average Bonchev–Trinajstić information content (AvgIpc) is 2.10. The summed E-state index contributed by atoms with van der Waals surface area (Å²) in [6.45, 7) is 4.00. The van der Waals surface area contributed by atoms with E-state index in [0.29, 0.717) is 5.69 Å². The highest BCUT2D eigenvalue weighted by molar-refractivity contribution is 5.18. The van der Waals surface area contributed by atoms with Crippen molar-refractivity contribution in [2.75, 3.05) is 0 Å². The SMILES string of the molecule is CC.N#Cc1ccccn1. The Morgan fingerprint density at radius 2 is 2.10 bits per heavy atom. The van der Waals surface area contributed by atoms with Gasteiger partial charge in [-0.3, -0.25) is 0 Å². The summed E-state index contributed by atoms with van der Waals surface area (Å²) in [5, 5.41) is 8.23. The van der Waals surface area contributed by atoms with Crippen LogP contribution in [-0.2, 0) is 0 Å². The standard InChI is InChI=1S/C6H4N2.C2H6/c7-5-6-3-1-2-4-8-6;1-2/h1-4H;1-2H3. The lowest BCUT2D eigenvalue weighted by atomic mass is 10.4. The molecule has 1 rings (SSSR count). The molecule has 0 saturated carbocycles. The van der Waals surface area contributed by atoms with Crippen molar-refractivity contribution in [1.29, 1.82) is 5.26 Å². The van der Waals surface area contributed by atoms with Crippen molar-refractivity contribution in [1.82, 2.24) is 4.98 Å². The summed E-state index contributed by atoms with van der Waals surface area (Å²) in [7, 11) is 0. The molecule has 0 aliphatic heterocycles. The molecule has 52 valence electrons. The highest BCUT2D eigenvalue weighted by atomic mass is 14.7. The molecule has 0 atom stereocenters. The number of nitriles is 1. The molecule has 0 amide bonds. The molecular formula is C8H10N2. The summed E-state index contributed by atoms with van der Waals surface area (Å²) in [4.78, 5) is 3.74. The second-order valence-corrected chi connectivity index (χ2v) is 1.33. The van der Waals surface area contributed by atoms with Gasteiger partial charge in [-0.15, -0.1) is 0 Å². The van der Waals surface area contributed by atoms with Crippen LogP contribution in [0.15, 0.2) is 24.4 Å². The molecule has 0 bridgehead atoms. The number of hydrogen-bond donors (Lipinski definition) is 0. The van der Waals surface area contributed by atoms with Crippen molar-refractivity contribution in [2.24, 2.45) is 0 Å². The molecule has 1 aromatic heterocycles. The predicted octanol–water partition coefficient (Wildman–Crippen LogP) is 1.98. The van der Waals surface area contributed by atoms with Gasteiger partial charge in [-0.1, -0.05) is 19.9 Å². The van der Waals surface area contributed by atoms with Gasteiger partial charge in [0.05, 0.1) is 0 Å². The van der Waals surface area contributed by atoms with E-state index in [1.165, 1.54) is 0 Å². The van der Waals surface area contributed by atoms with E-state index in [4.69, 9.17) is 5.26 Å². The molecule has 0 radical (unpaired) electrons. The molecule has 10 heavy (non-hydrogen) atoms. The Labute approximate surface area is 61.1 Å². The van der Waals surface area contributed by atoms with Crippen LogP contribution in [0.5, 0.6) is 0 Å². The fourth-order valence-electron chi connectivity index (χ4n) is 0.429. The second-order valence-electron chi connectivity index (χ2n) is 1.33. The van der Waals surface area contributed by atoms with E-state index in [9.17, 15) is 0 Å². The van der Waals surface area contributed by atoms with Gasteiger partial charge < -0.3 is 0 Å². The number of nitrogens with zero attached hydrogens (tertiary/aromatic N) is 2. The summed E-state index contributed by atoms with van der Waals surface area (Å²) in [5.74, 6) is 0. The zero-order chi connectivity index (χ0) is 7.82. The summed E-state index contributed by atoms with van der Waals surface area (Å²) in [6.07, 6.45) is 1.60. The molecule has 2 nitrogen and oxygen atoms in total. The van der Waals surface area contributed by atoms with Crippen LogP contribution in [0.2, 0.25) is 0 Å². The van der Waals surface area contributed by atoms with Gasteiger partial charge in [0, 0.05) is 6.20 Å². The topological polar surface area (TPSA) is 36.7 Å². The van der Waals surface area contributed by atoms with Crippen molar-refractivity contribution in [2.45, 2.75) is 13.8 Å². The van der Waals surface area contributed by atoms with Crippen LogP contribution in [-0.4, -0.2) is 4.98 Å². The molecule has 0 N–H and O–H groups in total. The molecule has 0 aliphatic carbocycles. The summed E-state index contributed by atoms with van der Waals surface area (Å²) >= 11 is 0. The third-order valence-electron chi connectivity index (χ3n) is 0.779. The van der Waals surface area contributed by atoms with E-state index in [2.05, 4.69) is 4.98 Å². The highest BCUT2D eigenvalue weighted by Gasteiger charge is 1.81. The second kappa shape index (κ2) is 5.77. The Hall–Kier alpha value is -1.36. The monoisotopic (exact) mass is 134 g/mol. The normalized spacial score (nSPS) is 6.90. The molecule has 1 heterocycles. The Morgan fingerprint density at radius 3 is 2.40 bits per heavy atom. The lowest BCUT2D eigenvalue weighted by molar-refractivity contribution is 1.26. The predicted molar refractivity (Wildman–Crippen MR) is 40.3 cm³/mol. The largest absolute Gasteiger partial charge is 0.246 e. The average molecular weight is 134 g/mol. The molecule has 0 aliphatic rings. The quantitative estimate of drug-likeness (QED) is 0.544. The number of rotatable bonds is 0. The van der Waals surface area contributed by atoms with Gasteiger partial charge in [0.25, 0.3) is 0 Å². The fraction of sp³-hybridized carbons (Fsp3) is 0.250. The maximum atomic E-state index is 8.23. The minimum absolute atomic E-state index is 0.465. The van der Waals surface area contributed by atoms with Crippen LogP contribution >= 0.6 is 0 Å². The van der Waals surface area contributed by atoms with Crippen LogP contribution in [0.4, 0.5) is 0 Å². The van der Waals surface area contributed by atoms with Gasteiger partial charge >= 0.3 is 0 Å². The van der Waals surface area contributed by atoms with Crippen molar-refractivity contribution >= 4 is 0 Å². The molecule has 2 heteroatoms. The maximum absolute atomic E-state index is 8.23. The molecule has 1 aromatic rings. The van der Waals surface area contributed by atoms with Crippen molar-refractivity contribution in [3.63, 3.8) is 0 Å². The van der Waals surface area contributed by atoms with Crippen molar-refractivity contribution in [3.05, 3.63) is 30.1 Å². The minimum Gasteiger partial charge on any atom is -0.246 e. The first kappa shape index (κ1) is 8.64.